The zero-order valence-electron chi connectivity index (χ0n) is 8.26. The number of aromatic nitrogens is 4. The average Bonchev–Trinajstić information content (AvgIpc) is 2.86. The average molecular weight is 219 g/mol. The maximum atomic E-state index is 5.16. The monoisotopic (exact) mass is 219 g/mol. The third kappa shape index (κ3) is 1.47. The molecule has 1 aliphatic rings. The molecule has 0 amide bonds. The SMILES string of the molecule is [S]c1ccnc2nc(C3CCCC3)nn12. The van der Waals surface area contributed by atoms with E-state index in [4.69, 9.17) is 12.6 Å². The van der Waals surface area contributed by atoms with Crippen molar-refractivity contribution in [3.63, 3.8) is 0 Å². The van der Waals surface area contributed by atoms with E-state index in [2.05, 4.69) is 15.1 Å². The minimum absolute atomic E-state index is 0.515. The van der Waals surface area contributed by atoms with Gasteiger partial charge in [0.2, 0.25) is 0 Å². The highest BCUT2D eigenvalue weighted by molar-refractivity contribution is 7.80. The molecule has 1 fully saturated rings. The zero-order valence-corrected chi connectivity index (χ0v) is 9.07. The van der Waals surface area contributed by atoms with Crippen LogP contribution in [0.1, 0.15) is 37.4 Å². The number of nitrogens with zero attached hydrogens (tertiary/aromatic N) is 4. The Morgan fingerprint density at radius 3 is 2.87 bits per heavy atom. The Balaban J connectivity index is 2.09. The number of hydrogen-bond donors (Lipinski definition) is 0. The van der Waals surface area contributed by atoms with Gasteiger partial charge >= 0.3 is 0 Å². The van der Waals surface area contributed by atoms with Crippen LogP contribution >= 0.6 is 12.6 Å². The van der Waals surface area contributed by atoms with E-state index in [9.17, 15) is 0 Å². The summed E-state index contributed by atoms with van der Waals surface area (Å²) in [7, 11) is 0. The fourth-order valence-electron chi connectivity index (χ4n) is 2.15. The topological polar surface area (TPSA) is 43.1 Å². The van der Waals surface area contributed by atoms with Gasteiger partial charge in [0.15, 0.2) is 5.82 Å². The highest BCUT2D eigenvalue weighted by Gasteiger charge is 2.21. The van der Waals surface area contributed by atoms with Crippen LogP contribution in [-0.2, 0) is 0 Å². The fraction of sp³-hybridized carbons (Fsp3) is 0.500. The van der Waals surface area contributed by atoms with Crippen molar-refractivity contribution in [1.82, 2.24) is 19.6 Å². The Morgan fingerprint density at radius 2 is 2.13 bits per heavy atom. The van der Waals surface area contributed by atoms with Crippen LogP contribution in [0.25, 0.3) is 5.78 Å². The summed E-state index contributed by atoms with van der Waals surface area (Å²) in [5.41, 5.74) is 0. The summed E-state index contributed by atoms with van der Waals surface area (Å²) in [5.74, 6) is 2.06. The number of fused-ring (bicyclic) bond motifs is 1. The molecule has 15 heavy (non-hydrogen) atoms. The molecule has 2 heterocycles. The van der Waals surface area contributed by atoms with E-state index in [1.54, 1.807) is 16.8 Å². The van der Waals surface area contributed by atoms with Crippen molar-refractivity contribution in [2.24, 2.45) is 0 Å². The molecule has 0 spiro atoms. The molecule has 0 atom stereocenters. The summed E-state index contributed by atoms with van der Waals surface area (Å²) in [6.45, 7) is 0. The van der Waals surface area contributed by atoms with E-state index in [1.165, 1.54) is 25.7 Å². The van der Waals surface area contributed by atoms with Crippen molar-refractivity contribution in [2.45, 2.75) is 36.6 Å². The summed E-state index contributed by atoms with van der Waals surface area (Å²) < 4.78 is 1.66. The van der Waals surface area contributed by atoms with Crippen molar-refractivity contribution >= 4 is 18.4 Å². The van der Waals surface area contributed by atoms with Crippen molar-refractivity contribution in [3.05, 3.63) is 18.1 Å². The van der Waals surface area contributed by atoms with E-state index in [-0.39, 0.29) is 0 Å². The molecule has 5 heteroatoms. The van der Waals surface area contributed by atoms with Gasteiger partial charge in [-0.3, -0.25) is 0 Å². The van der Waals surface area contributed by atoms with Gasteiger partial charge in [0.25, 0.3) is 5.78 Å². The normalized spacial score (nSPS) is 17.6. The van der Waals surface area contributed by atoms with Crippen LogP contribution in [-0.4, -0.2) is 19.6 Å². The van der Waals surface area contributed by atoms with Gasteiger partial charge in [-0.1, -0.05) is 25.5 Å². The Kier molecular flexibility index (Phi) is 2.05. The molecule has 2 aromatic rings. The quantitative estimate of drug-likeness (QED) is 0.691. The molecule has 0 bridgehead atoms. The first-order valence-corrected chi connectivity index (χ1v) is 5.64. The van der Waals surface area contributed by atoms with Gasteiger partial charge in [-0.2, -0.15) is 9.50 Å². The van der Waals surface area contributed by atoms with Crippen LogP contribution in [0.4, 0.5) is 0 Å². The third-order valence-electron chi connectivity index (χ3n) is 2.94. The first-order chi connectivity index (χ1) is 7.34. The summed E-state index contributed by atoms with van der Waals surface area (Å²) >= 11 is 5.16. The molecule has 0 saturated heterocycles. The molecular formula is C10H11N4S. The lowest BCUT2D eigenvalue weighted by Gasteiger charge is -2.00. The standard InChI is InChI=1S/C10H11N4S/c15-8-5-6-11-10-12-9(13-14(8)10)7-3-1-2-4-7/h5-7H,1-4H2. The van der Waals surface area contributed by atoms with Gasteiger partial charge in [0, 0.05) is 12.1 Å². The molecule has 0 aromatic carbocycles. The van der Waals surface area contributed by atoms with Gasteiger partial charge in [-0.15, -0.1) is 5.10 Å². The molecule has 0 aliphatic heterocycles. The van der Waals surface area contributed by atoms with Crippen molar-refractivity contribution in [2.75, 3.05) is 0 Å². The van der Waals surface area contributed by atoms with E-state index < -0.39 is 0 Å². The molecule has 3 rings (SSSR count). The minimum Gasteiger partial charge on any atom is -0.220 e. The second kappa shape index (κ2) is 3.41. The van der Waals surface area contributed by atoms with E-state index in [0.717, 1.165) is 5.82 Å². The fourth-order valence-corrected chi connectivity index (χ4v) is 2.33. The predicted octanol–water partition coefficient (Wildman–Crippen LogP) is 2.34. The lowest BCUT2D eigenvalue weighted by atomic mass is 10.1. The van der Waals surface area contributed by atoms with Crippen molar-refractivity contribution in [3.8, 4) is 0 Å². The predicted molar refractivity (Wildman–Crippen MR) is 57.8 cm³/mol. The Bertz CT molecular complexity index is 487. The molecule has 0 N–H and O–H groups in total. The summed E-state index contributed by atoms with van der Waals surface area (Å²) in [6.07, 6.45) is 6.65. The lowest BCUT2D eigenvalue weighted by Crippen LogP contribution is -1.96. The molecule has 2 aromatic heterocycles. The number of rotatable bonds is 1. The first kappa shape index (κ1) is 9.03. The van der Waals surface area contributed by atoms with E-state index in [0.29, 0.717) is 16.7 Å². The van der Waals surface area contributed by atoms with Crippen LogP contribution in [0.2, 0.25) is 0 Å². The molecule has 0 unspecified atom stereocenters. The van der Waals surface area contributed by atoms with Gasteiger partial charge in [-0.05, 0) is 18.9 Å². The van der Waals surface area contributed by atoms with Gasteiger partial charge < -0.3 is 0 Å². The molecular weight excluding hydrogens is 208 g/mol. The Morgan fingerprint density at radius 1 is 1.33 bits per heavy atom. The maximum Gasteiger partial charge on any atom is 0.253 e. The zero-order chi connectivity index (χ0) is 10.3. The molecule has 4 nitrogen and oxygen atoms in total. The largest absolute Gasteiger partial charge is 0.253 e. The van der Waals surface area contributed by atoms with Crippen LogP contribution in [0.15, 0.2) is 17.3 Å². The van der Waals surface area contributed by atoms with Gasteiger partial charge in [-0.25, -0.2) is 4.98 Å². The van der Waals surface area contributed by atoms with Crippen LogP contribution in [0.3, 0.4) is 0 Å². The Hall–Kier alpha value is -1.23. The summed E-state index contributed by atoms with van der Waals surface area (Å²) in [5, 5.41) is 5.11. The first-order valence-electron chi connectivity index (χ1n) is 5.23. The van der Waals surface area contributed by atoms with Crippen LogP contribution in [0, 0.1) is 0 Å². The van der Waals surface area contributed by atoms with Crippen LogP contribution in [0.5, 0.6) is 0 Å². The number of hydrogen-bond acceptors (Lipinski definition) is 3. The molecule has 77 valence electrons. The van der Waals surface area contributed by atoms with E-state index in [1.807, 2.05) is 0 Å². The highest BCUT2D eigenvalue weighted by atomic mass is 32.1. The highest BCUT2D eigenvalue weighted by Crippen LogP contribution is 2.32. The Labute approximate surface area is 93.2 Å². The second-order valence-electron chi connectivity index (χ2n) is 3.95. The molecule has 1 aliphatic carbocycles. The van der Waals surface area contributed by atoms with Crippen molar-refractivity contribution in [1.29, 1.82) is 0 Å². The van der Waals surface area contributed by atoms with Crippen LogP contribution < -0.4 is 0 Å². The lowest BCUT2D eigenvalue weighted by molar-refractivity contribution is 0.659. The maximum absolute atomic E-state index is 5.16. The summed E-state index contributed by atoms with van der Waals surface area (Å²) in [4.78, 5) is 8.59. The second-order valence-corrected chi connectivity index (χ2v) is 4.36. The minimum atomic E-state index is 0.515. The molecule has 1 radical (unpaired) electrons. The smallest absolute Gasteiger partial charge is 0.220 e. The van der Waals surface area contributed by atoms with Gasteiger partial charge in [0.05, 0.1) is 0 Å². The third-order valence-corrected chi connectivity index (χ3v) is 3.25. The van der Waals surface area contributed by atoms with Gasteiger partial charge in [0.1, 0.15) is 5.03 Å². The summed E-state index contributed by atoms with van der Waals surface area (Å²) in [6, 6.07) is 1.77. The van der Waals surface area contributed by atoms with E-state index >= 15 is 0 Å². The molecule has 1 saturated carbocycles. The van der Waals surface area contributed by atoms with Crippen molar-refractivity contribution < 1.29 is 0 Å².